The number of ketones is 1. The predicted octanol–water partition coefficient (Wildman–Crippen LogP) is 5.93. The number of rotatable bonds is 9. The van der Waals surface area contributed by atoms with E-state index in [1.807, 2.05) is 54.6 Å². The van der Waals surface area contributed by atoms with Gasteiger partial charge < -0.3 is 19.1 Å². The topological polar surface area (TPSA) is 82.1 Å². The lowest BCUT2D eigenvalue weighted by Crippen LogP contribution is -2.27. The number of carbonyl (C=O) groups excluding carboxylic acids is 3. The predicted molar refractivity (Wildman–Crippen MR) is 147 cm³/mol. The fourth-order valence-corrected chi connectivity index (χ4v) is 4.46. The van der Waals surface area contributed by atoms with Gasteiger partial charge in [0.25, 0.3) is 0 Å². The number of Topliss-reactive ketones (excluding diaryl/α,β-unsaturated/α-hetero) is 1. The van der Waals surface area contributed by atoms with Gasteiger partial charge in [-0.3, -0.25) is 14.4 Å². The molecule has 0 aliphatic carbocycles. The Labute approximate surface area is 226 Å². The van der Waals surface area contributed by atoms with Gasteiger partial charge in [0.2, 0.25) is 5.91 Å². The van der Waals surface area contributed by atoms with Crippen molar-refractivity contribution < 1.29 is 28.6 Å². The summed E-state index contributed by atoms with van der Waals surface area (Å²) in [5.41, 5.74) is 3.11. The molecular formula is C32H27NO6. The van der Waals surface area contributed by atoms with E-state index in [0.717, 1.165) is 16.9 Å². The number of anilines is 1. The summed E-state index contributed by atoms with van der Waals surface area (Å²) in [7, 11) is 1.54. The molecule has 1 heterocycles. The van der Waals surface area contributed by atoms with Crippen LogP contribution >= 0.6 is 0 Å². The maximum Gasteiger partial charge on any atom is 0.311 e. The van der Waals surface area contributed by atoms with Crippen LogP contribution in [0.1, 0.15) is 16.8 Å². The molecule has 0 radical (unpaired) electrons. The number of para-hydroxylation sites is 1. The van der Waals surface area contributed by atoms with Crippen molar-refractivity contribution in [3.05, 3.63) is 109 Å². The number of ether oxygens (including phenoxy) is 3. The molecule has 0 spiro atoms. The van der Waals surface area contributed by atoms with E-state index in [-0.39, 0.29) is 31.3 Å². The molecular weight excluding hydrogens is 494 g/mol. The lowest BCUT2D eigenvalue weighted by molar-refractivity contribution is -0.147. The molecule has 1 amide bonds. The molecule has 39 heavy (non-hydrogen) atoms. The fraction of sp³-hybridized carbons (Fsp3) is 0.156. The molecule has 1 aliphatic rings. The summed E-state index contributed by atoms with van der Waals surface area (Å²) >= 11 is 0. The summed E-state index contributed by atoms with van der Waals surface area (Å²) in [4.78, 5) is 39.2. The van der Waals surface area contributed by atoms with Gasteiger partial charge in [-0.2, -0.15) is 0 Å². The van der Waals surface area contributed by atoms with Crippen molar-refractivity contribution in [1.82, 2.24) is 0 Å². The van der Waals surface area contributed by atoms with Crippen LogP contribution in [0.25, 0.3) is 11.1 Å². The second-order valence-corrected chi connectivity index (χ2v) is 9.12. The number of nitrogens with zero attached hydrogens (tertiary/aromatic N) is 1. The number of methoxy groups -OCH3 is 1. The third kappa shape index (κ3) is 5.99. The highest BCUT2D eigenvalue weighted by atomic mass is 16.5. The van der Waals surface area contributed by atoms with Crippen molar-refractivity contribution in [1.29, 1.82) is 0 Å². The first-order chi connectivity index (χ1) is 19.0. The molecule has 1 atom stereocenters. The molecule has 0 unspecified atom stereocenters. The SMILES string of the molecule is COc1ccc(C(=O)COC(=O)[C@@H]2CC(=O)N(c3ccc(Oc4ccccc4-c4ccccc4)cc3)C2)cc1. The highest BCUT2D eigenvalue weighted by molar-refractivity contribution is 6.01. The smallest absolute Gasteiger partial charge is 0.311 e. The minimum absolute atomic E-state index is 0.0261. The molecule has 0 N–H and O–H groups in total. The summed E-state index contributed by atoms with van der Waals surface area (Å²) in [6.07, 6.45) is 0.0261. The molecule has 7 nitrogen and oxygen atoms in total. The summed E-state index contributed by atoms with van der Waals surface area (Å²) in [6.45, 7) is -0.197. The van der Waals surface area contributed by atoms with Gasteiger partial charge in [0.1, 0.15) is 17.2 Å². The van der Waals surface area contributed by atoms with Gasteiger partial charge in [-0.15, -0.1) is 0 Å². The van der Waals surface area contributed by atoms with Crippen molar-refractivity contribution in [3.8, 4) is 28.4 Å². The van der Waals surface area contributed by atoms with E-state index in [0.29, 0.717) is 22.7 Å². The van der Waals surface area contributed by atoms with Gasteiger partial charge in [-0.1, -0.05) is 48.5 Å². The van der Waals surface area contributed by atoms with Crippen molar-refractivity contribution in [2.24, 2.45) is 5.92 Å². The number of hydrogen-bond donors (Lipinski definition) is 0. The van der Waals surface area contributed by atoms with Crippen molar-refractivity contribution >= 4 is 23.3 Å². The van der Waals surface area contributed by atoms with Gasteiger partial charge in [0, 0.05) is 29.8 Å². The maximum atomic E-state index is 12.7. The van der Waals surface area contributed by atoms with E-state index in [1.54, 1.807) is 60.5 Å². The second-order valence-electron chi connectivity index (χ2n) is 9.12. The monoisotopic (exact) mass is 521 g/mol. The molecule has 1 aliphatic heterocycles. The lowest BCUT2D eigenvalue weighted by Gasteiger charge is -2.17. The number of esters is 1. The van der Waals surface area contributed by atoms with Crippen LogP contribution in [0.5, 0.6) is 17.2 Å². The minimum atomic E-state index is -0.644. The number of amides is 1. The van der Waals surface area contributed by atoms with E-state index in [4.69, 9.17) is 14.2 Å². The highest BCUT2D eigenvalue weighted by Crippen LogP contribution is 2.34. The average Bonchev–Trinajstić information content (AvgIpc) is 3.38. The summed E-state index contributed by atoms with van der Waals surface area (Å²) in [6, 6.07) is 31.5. The molecule has 5 rings (SSSR count). The van der Waals surface area contributed by atoms with E-state index >= 15 is 0 Å². The van der Waals surface area contributed by atoms with Crippen LogP contribution in [0.15, 0.2) is 103 Å². The van der Waals surface area contributed by atoms with Crippen LogP contribution in [0, 0.1) is 5.92 Å². The Morgan fingerprint density at radius 2 is 1.49 bits per heavy atom. The highest BCUT2D eigenvalue weighted by Gasteiger charge is 2.36. The van der Waals surface area contributed by atoms with Crippen LogP contribution in [0.4, 0.5) is 5.69 Å². The summed E-state index contributed by atoms with van der Waals surface area (Å²) in [5.74, 6) is 0.269. The molecule has 4 aromatic rings. The minimum Gasteiger partial charge on any atom is -0.497 e. The molecule has 0 saturated carbocycles. The molecule has 7 heteroatoms. The zero-order valence-corrected chi connectivity index (χ0v) is 21.4. The van der Waals surface area contributed by atoms with Crippen LogP contribution in [0.2, 0.25) is 0 Å². The Hall–Kier alpha value is -4.91. The standard InChI is InChI=1S/C32H27NO6/c1-37-26-15-11-23(12-16-26)29(34)21-38-32(36)24-19-31(35)33(20-24)25-13-17-27(18-14-25)39-30-10-6-5-9-28(30)22-7-3-2-4-8-22/h2-18,24H,19-21H2,1H3/t24-/m1/s1. The van der Waals surface area contributed by atoms with E-state index in [9.17, 15) is 14.4 Å². The van der Waals surface area contributed by atoms with Crippen LogP contribution in [0.3, 0.4) is 0 Å². The molecule has 4 aromatic carbocycles. The first kappa shape index (κ1) is 25.7. The zero-order valence-electron chi connectivity index (χ0n) is 21.4. The number of hydrogen-bond acceptors (Lipinski definition) is 6. The average molecular weight is 522 g/mol. The first-order valence-electron chi connectivity index (χ1n) is 12.6. The number of carbonyl (C=O) groups is 3. The molecule has 1 fully saturated rings. The van der Waals surface area contributed by atoms with Gasteiger partial charge in [0.05, 0.1) is 13.0 Å². The molecule has 0 bridgehead atoms. The van der Waals surface area contributed by atoms with Crippen molar-refractivity contribution in [2.45, 2.75) is 6.42 Å². The molecule has 1 saturated heterocycles. The van der Waals surface area contributed by atoms with Gasteiger partial charge in [-0.05, 0) is 60.2 Å². The van der Waals surface area contributed by atoms with Gasteiger partial charge in [0.15, 0.2) is 12.4 Å². The molecule has 196 valence electrons. The second kappa shape index (κ2) is 11.6. The van der Waals surface area contributed by atoms with Crippen molar-refractivity contribution in [2.75, 3.05) is 25.2 Å². The van der Waals surface area contributed by atoms with E-state index in [1.165, 1.54) is 0 Å². The summed E-state index contributed by atoms with van der Waals surface area (Å²) < 4.78 is 16.5. The fourth-order valence-electron chi connectivity index (χ4n) is 4.46. The number of benzene rings is 4. The van der Waals surface area contributed by atoms with Crippen molar-refractivity contribution in [3.63, 3.8) is 0 Å². The summed E-state index contributed by atoms with van der Waals surface area (Å²) in [5, 5.41) is 0. The quantitative estimate of drug-likeness (QED) is 0.200. The Bertz CT molecular complexity index is 1470. The third-order valence-electron chi connectivity index (χ3n) is 6.56. The Balaban J connectivity index is 1.19. The zero-order chi connectivity index (χ0) is 27.2. The Kier molecular flexibility index (Phi) is 7.68. The Morgan fingerprint density at radius 1 is 0.821 bits per heavy atom. The first-order valence-corrected chi connectivity index (χ1v) is 12.6. The lowest BCUT2D eigenvalue weighted by atomic mass is 10.0. The normalized spacial score (nSPS) is 14.6. The van der Waals surface area contributed by atoms with E-state index < -0.39 is 11.9 Å². The maximum absolute atomic E-state index is 12.7. The van der Waals surface area contributed by atoms with Gasteiger partial charge in [-0.25, -0.2) is 0 Å². The van der Waals surface area contributed by atoms with Crippen LogP contribution in [-0.2, 0) is 14.3 Å². The van der Waals surface area contributed by atoms with Crippen LogP contribution in [-0.4, -0.2) is 37.9 Å². The largest absolute Gasteiger partial charge is 0.497 e. The molecule has 0 aromatic heterocycles. The van der Waals surface area contributed by atoms with Crippen LogP contribution < -0.4 is 14.4 Å². The third-order valence-corrected chi connectivity index (χ3v) is 6.56. The van der Waals surface area contributed by atoms with E-state index in [2.05, 4.69) is 0 Å². The Morgan fingerprint density at radius 3 is 2.21 bits per heavy atom. The van der Waals surface area contributed by atoms with Gasteiger partial charge >= 0.3 is 5.97 Å².